The Morgan fingerprint density at radius 2 is 1.76 bits per heavy atom. The van der Waals surface area contributed by atoms with Crippen LogP contribution in [0.3, 0.4) is 0 Å². The first-order valence-electron chi connectivity index (χ1n) is 9.68. The van der Waals surface area contributed by atoms with E-state index in [4.69, 9.17) is 0 Å². The van der Waals surface area contributed by atoms with Gasteiger partial charge in [-0.2, -0.15) is 0 Å². The third kappa shape index (κ3) is 5.78. The van der Waals surface area contributed by atoms with Crippen LogP contribution in [0.4, 0.5) is 10.1 Å². The summed E-state index contributed by atoms with van der Waals surface area (Å²) in [7, 11) is 0. The molecule has 2 fully saturated rings. The fraction of sp³-hybridized carbons (Fsp3) is 0.474. The summed E-state index contributed by atoms with van der Waals surface area (Å²) in [6.07, 6.45) is 2.20. The highest BCUT2D eigenvalue weighted by molar-refractivity contribution is 7.13. The van der Waals surface area contributed by atoms with Crippen molar-refractivity contribution in [3.05, 3.63) is 40.1 Å². The first kappa shape index (κ1) is 19.9. The van der Waals surface area contributed by atoms with Crippen LogP contribution in [0.1, 0.15) is 27.7 Å². The largest absolute Gasteiger partial charge is 0.352 e. The number of nitrogens with one attached hydrogen (secondary N) is 2. The van der Waals surface area contributed by atoms with Gasteiger partial charge in [-0.25, -0.2) is 4.39 Å². The second-order valence-electron chi connectivity index (χ2n) is 7.36. The molecule has 1 aliphatic heterocycles. The zero-order valence-corrected chi connectivity index (χ0v) is 16.8. The highest BCUT2D eigenvalue weighted by atomic mass is 32.1. The molecule has 1 saturated carbocycles. The Hall–Kier alpha value is -2.43. The SMILES string of the molecule is O=C(CN1CCN(Cc2nnc(C(=O)Nc3ccc(F)cc3)s2)CC1)NC1CC1. The van der Waals surface area contributed by atoms with Crippen LogP contribution in [0.25, 0.3) is 0 Å². The summed E-state index contributed by atoms with van der Waals surface area (Å²) in [5.74, 6) is -0.599. The fourth-order valence-corrected chi connectivity index (χ4v) is 3.91. The normalized spacial score (nSPS) is 17.8. The molecule has 29 heavy (non-hydrogen) atoms. The molecular weight excluding hydrogens is 395 g/mol. The molecule has 2 amide bonds. The summed E-state index contributed by atoms with van der Waals surface area (Å²) in [5, 5.41) is 14.9. The lowest BCUT2D eigenvalue weighted by atomic mass is 10.3. The van der Waals surface area contributed by atoms with E-state index in [1.807, 2.05) is 0 Å². The van der Waals surface area contributed by atoms with E-state index in [0.717, 1.165) is 44.0 Å². The van der Waals surface area contributed by atoms with Gasteiger partial charge in [0, 0.05) is 37.9 Å². The zero-order chi connectivity index (χ0) is 20.2. The topological polar surface area (TPSA) is 90.5 Å². The maximum Gasteiger partial charge on any atom is 0.286 e. The van der Waals surface area contributed by atoms with Gasteiger partial charge in [0.15, 0.2) is 0 Å². The van der Waals surface area contributed by atoms with Crippen LogP contribution in [0.15, 0.2) is 24.3 Å². The third-order valence-electron chi connectivity index (χ3n) is 4.90. The van der Waals surface area contributed by atoms with E-state index in [2.05, 4.69) is 30.6 Å². The Balaban J connectivity index is 1.22. The van der Waals surface area contributed by atoms with Gasteiger partial charge in [0.2, 0.25) is 10.9 Å². The van der Waals surface area contributed by atoms with Crippen molar-refractivity contribution in [1.29, 1.82) is 0 Å². The second-order valence-corrected chi connectivity index (χ2v) is 8.42. The van der Waals surface area contributed by atoms with Gasteiger partial charge in [0.05, 0.1) is 13.1 Å². The molecule has 4 rings (SSSR count). The lowest BCUT2D eigenvalue weighted by Gasteiger charge is -2.33. The number of rotatable bonds is 7. The molecule has 0 atom stereocenters. The van der Waals surface area contributed by atoms with E-state index in [-0.39, 0.29) is 22.6 Å². The third-order valence-corrected chi connectivity index (χ3v) is 5.80. The van der Waals surface area contributed by atoms with Gasteiger partial charge < -0.3 is 10.6 Å². The van der Waals surface area contributed by atoms with Crippen molar-refractivity contribution < 1.29 is 14.0 Å². The summed E-state index contributed by atoms with van der Waals surface area (Å²) in [4.78, 5) is 28.6. The van der Waals surface area contributed by atoms with Gasteiger partial charge in [-0.15, -0.1) is 10.2 Å². The van der Waals surface area contributed by atoms with Crippen molar-refractivity contribution >= 4 is 28.8 Å². The Bertz CT molecular complexity index is 862. The number of benzene rings is 1. The first-order valence-corrected chi connectivity index (χ1v) is 10.5. The van der Waals surface area contributed by atoms with Crippen LogP contribution in [0.5, 0.6) is 0 Å². The summed E-state index contributed by atoms with van der Waals surface area (Å²) in [6.45, 7) is 4.42. The predicted molar refractivity (Wildman–Crippen MR) is 107 cm³/mol. The maximum atomic E-state index is 13.0. The highest BCUT2D eigenvalue weighted by Crippen LogP contribution is 2.19. The highest BCUT2D eigenvalue weighted by Gasteiger charge is 2.25. The van der Waals surface area contributed by atoms with Crippen molar-refractivity contribution in [3.63, 3.8) is 0 Å². The number of amides is 2. The molecule has 0 unspecified atom stereocenters. The summed E-state index contributed by atoms with van der Waals surface area (Å²) >= 11 is 1.25. The minimum absolute atomic E-state index is 0.113. The number of aromatic nitrogens is 2. The molecule has 1 saturated heterocycles. The Labute approximate surface area is 172 Å². The number of nitrogens with zero attached hydrogens (tertiary/aromatic N) is 4. The Morgan fingerprint density at radius 1 is 1.07 bits per heavy atom. The van der Waals surface area contributed by atoms with Gasteiger partial charge in [-0.1, -0.05) is 11.3 Å². The number of carbonyl (C=O) groups excluding carboxylic acids is 2. The standard InChI is InChI=1S/C19H23FN6O2S/c20-13-1-3-15(4-2-13)22-18(28)19-24-23-17(29-19)12-26-9-7-25(8-10-26)11-16(27)21-14-5-6-14/h1-4,14H,5-12H2,(H,21,27)(H,22,28). The van der Waals surface area contributed by atoms with Crippen molar-refractivity contribution in [2.24, 2.45) is 0 Å². The molecule has 10 heteroatoms. The Morgan fingerprint density at radius 3 is 2.45 bits per heavy atom. The average Bonchev–Trinajstić information content (AvgIpc) is 3.39. The monoisotopic (exact) mass is 418 g/mol. The van der Waals surface area contributed by atoms with Crippen molar-refractivity contribution in [3.8, 4) is 0 Å². The van der Waals surface area contributed by atoms with Crippen LogP contribution < -0.4 is 10.6 Å². The number of hydrogen-bond donors (Lipinski definition) is 2. The van der Waals surface area contributed by atoms with Gasteiger partial charge in [-0.05, 0) is 37.1 Å². The van der Waals surface area contributed by atoms with Crippen LogP contribution >= 0.6 is 11.3 Å². The maximum absolute atomic E-state index is 13.0. The predicted octanol–water partition coefficient (Wildman–Crippen LogP) is 1.33. The van der Waals surface area contributed by atoms with E-state index in [0.29, 0.717) is 24.8 Å². The van der Waals surface area contributed by atoms with Crippen LogP contribution in [-0.4, -0.2) is 70.6 Å². The van der Waals surface area contributed by atoms with Crippen LogP contribution in [0, 0.1) is 5.82 Å². The van der Waals surface area contributed by atoms with Gasteiger partial charge in [0.1, 0.15) is 10.8 Å². The van der Waals surface area contributed by atoms with Crippen LogP contribution in [0.2, 0.25) is 0 Å². The van der Waals surface area contributed by atoms with Crippen molar-refractivity contribution in [1.82, 2.24) is 25.3 Å². The van der Waals surface area contributed by atoms with E-state index in [9.17, 15) is 14.0 Å². The lowest BCUT2D eigenvalue weighted by Crippen LogP contribution is -2.49. The molecule has 0 bridgehead atoms. The van der Waals surface area contributed by atoms with Gasteiger partial charge in [0.25, 0.3) is 5.91 Å². The molecule has 1 aromatic heterocycles. The van der Waals surface area contributed by atoms with Crippen LogP contribution in [-0.2, 0) is 11.3 Å². The number of hydrogen-bond acceptors (Lipinski definition) is 7. The minimum Gasteiger partial charge on any atom is -0.352 e. The summed E-state index contributed by atoms with van der Waals surface area (Å²) in [6, 6.07) is 5.97. The molecule has 0 spiro atoms. The summed E-state index contributed by atoms with van der Waals surface area (Å²) < 4.78 is 13.0. The molecule has 1 aromatic carbocycles. The molecule has 1 aliphatic carbocycles. The van der Waals surface area contributed by atoms with E-state index in [1.54, 1.807) is 0 Å². The summed E-state index contributed by atoms with van der Waals surface area (Å²) in [5.41, 5.74) is 0.509. The molecular formula is C19H23FN6O2S. The Kier molecular flexibility index (Phi) is 6.12. The molecule has 2 heterocycles. The smallest absolute Gasteiger partial charge is 0.286 e. The number of carbonyl (C=O) groups is 2. The van der Waals surface area contributed by atoms with Gasteiger partial charge in [-0.3, -0.25) is 19.4 Å². The molecule has 0 radical (unpaired) electrons. The quantitative estimate of drug-likeness (QED) is 0.705. The number of piperazine rings is 1. The number of anilines is 1. The number of halogens is 1. The first-order chi connectivity index (χ1) is 14.0. The average molecular weight is 418 g/mol. The molecule has 154 valence electrons. The lowest BCUT2D eigenvalue weighted by molar-refractivity contribution is -0.122. The van der Waals surface area contributed by atoms with Gasteiger partial charge >= 0.3 is 0 Å². The molecule has 2 aliphatic rings. The minimum atomic E-state index is -0.357. The molecule has 2 aromatic rings. The second kappa shape index (κ2) is 8.93. The molecule has 8 nitrogen and oxygen atoms in total. The van der Waals surface area contributed by atoms with Crippen molar-refractivity contribution in [2.45, 2.75) is 25.4 Å². The van der Waals surface area contributed by atoms with Crippen molar-refractivity contribution in [2.75, 3.05) is 38.0 Å². The molecule has 2 N–H and O–H groups in total. The van der Waals surface area contributed by atoms with E-state index >= 15 is 0 Å². The fourth-order valence-electron chi connectivity index (χ4n) is 3.13. The van der Waals surface area contributed by atoms with E-state index < -0.39 is 0 Å². The zero-order valence-electron chi connectivity index (χ0n) is 15.9. The van der Waals surface area contributed by atoms with E-state index in [1.165, 1.54) is 35.6 Å².